The molecule has 0 saturated carbocycles. The van der Waals surface area contributed by atoms with Gasteiger partial charge in [0.05, 0.1) is 6.61 Å². The van der Waals surface area contributed by atoms with Crippen molar-refractivity contribution >= 4 is 5.97 Å². The van der Waals surface area contributed by atoms with E-state index in [9.17, 15) is 4.79 Å². The number of ether oxygens (including phenoxy) is 1. The summed E-state index contributed by atoms with van der Waals surface area (Å²) < 4.78 is 5.39. The second-order valence-electron chi connectivity index (χ2n) is 5.97. The molecule has 2 atom stereocenters. The average Bonchev–Trinajstić information content (AvgIpc) is 2.22. The maximum Gasteiger partial charge on any atom is 0.326 e. The summed E-state index contributed by atoms with van der Waals surface area (Å²) in [5.41, 5.74) is -0.491. The zero-order valence-electron chi connectivity index (χ0n) is 11.7. The zero-order valence-corrected chi connectivity index (χ0v) is 11.7. The minimum absolute atomic E-state index is 0.0834. The van der Waals surface area contributed by atoms with Gasteiger partial charge in [0.2, 0.25) is 0 Å². The van der Waals surface area contributed by atoms with Crippen LogP contribution >= 0.6 is 0 Å². The molecule has 0 aliphatic carbocycles. The molecule has 100 valence electrons. The smallest absolute Gasteiger partial charge is 0.326 e. The van der Waals surface area contributed by atoms with Crippen LogP contribution in [0.15, 0.2) is 0 Å². The predicted octanol–water partition coefficient (Wildman–Crippen LogP) is 2.89. The highest BCUT2D eigenvalue weighted by molar-refractivity contribution is 5.80. The van der Waals surface area contributed by atoms with Crippen LogP contribution in [0.4, 0.5) is 0 Å². The molecule has 0 spiro atoms. The Balaban J connectivity index is 2.58. The number of rotatable bonds is 3. The highest BCUT2D eigenvalue weighted by Gasteiger charge is 2.36. The number of hydrogen-bond donors (Lipinski definition) is 1. The van der Waals surface area contributed by atoms with Gasteiger partial charge in [0, 0.05) is 6.04 Å². The summed E-state index contributed by atoms with van der Waals surface area (Å²) >= 11 is 0. The molecule has 0 aromatic heterocycles. The highest BCUT2D eigenvalue weighted by Crippen LogP contribution is 2.22. The quantitative estimate of drug-likeness (QED) is 0.772. The molecule has 1 N–H and O–H groups in total. The minimum Gasteiger partial charge on any atom is -0.464 e. The fraction of sp³-hybridized carbons (Fsp3) is 0.929. The molecule has 1 rings (SSSR count). The Kier molecular flexibility index (Phi) is 5.44. The molecule has 17 heavy (non-hydrogen) atoms. The van der Waals surface area contributed by atoms with Crippen molar-refractivity contribution in [3.63, 3.8) is 0 Å². The Hall–Kier alpha value is -0.570. The SMILES string of the molecule is CC(C)COC(=O)C1(C)CCCCCC(C)N1. The lowest BCUT2D eigenvalue weighted by Gasteiger charge is -2.34. The van der Waals surface area contributed by atoms with Gasteiger partial charge in [-0.05, 0) is 32.6 Å². The molecule has 1 fully saturated rings. The Bertz CT molecular complexity index is 253. The van der Waals surface area contributed by atoms with Crippen LogP contribution in [0.3, 0.4) is 0 Å². The van der Waals surface area contributed by atoms with E-state index in [1.165, 1.54) is 12.8 Å². The molecular formula is C14H27NO2. The van der Waals surface area contributed by atoms with E-state index in [2.05, 4.69) is 26.1 Å². The Morgan fingerprint density at radius 2 is 2.12 bits per heavy atom. The van der Waals surface area contributed by atoms with Gasteiger partial charge in [-0.25, -0.2) is 0 Å². The summed E-state index contributed by atoms with van der Waals surface area (Å²) in [7, 11) is 0. The molecule has 1 aliphatic heterocycles. The second-order valence-corrected chi connectivity index (χ2v) is 5.97. The Labute approximate surface area is 105 Å². The van der Waals surface area contributed by atoms with Crippen molar-refractivity contribution in [2.24, 2.45) is 5.92 Å². The van der Waals surface area contributed by atoms with E-state index < -0.39 is 5.54 Å². The van der Waals surface area contributed by atoms with Gasteiger partial charge >= 0.3 is 5.97 Å². The minimum atomic E-state index is -0.491. The van der Waals surface area contributed by atoms with Crippen LogP contribution in [0, 0.1) is 5.92 Å². The number of esters is 1. The molecule has 1 aliphatic rings. The Morgan fingerprint density at radius 3 is 2.76 bits per heavy atom. The third-order valence-electron chi connectivity index (χ3n) is 3.38. The maximum absolute atomic E-state index is 12.2. The van der Waals surface area contributed by atoms with Gasteiger partial charge < -0.3 is 4.74 Å². The molecule has 0 bridgehead atoms. The number of carbonyl (C=O) groups excluding carboxylic acids is 1. The molecule has 1 saturated heterocycles. The lowest BCUT2D eigenvalue weighted by atomic mass is 9.90. The van der Waals surface area contributed by atoms with Gasteiger partial charge in [-0.3, -0.25) is 10.1 Å². The number of nitrogens with one attached hydrogen (secondary N) is 1. The van der Waals surface area contributed by atoms with Gasteiger partial charge in [0.1, 0.15) is 5.54 Å². The zero-order chi connectivity index (χ0) is 12.9. The highest BCUT2D eigenvalue weighted by atomic mass is 16.5. The van der Waals surface area contributed by atoms with E-state index >= 15 is 0 Å². The monoisotopic (exact) mass is 241 g/mol. The molecule has 2 unspecified atom stereocenters. The summed E-state index contributed by atoms with van der Waals surface area (Å²) in [6.45, 7) is 8.77. The summed E-state index contributed by atoms with van der Waals surface area (Å²) in [4.78, 5) is 12.2. The molecule has 0 aromatic carbocycles. The first-order valence-corrected chi connectivity index (χ1v) is 6.89. The van der Waals surface area contributed by atoms with E-state index in [1.54, 1.807) is 0 Å². The van der Waals surface area contributed by atoms with Crippen LogP contribution in [0.5, 0.6) is 0 Å². The van der Waals surface area contributed by atoms with E-state index in [4.69, 9.17) is 4.74 Å². The van der Waals surface area contributed by atoms with Gasteiger partial charge in [-0.2, -0.15) is 0 Å². The number of carbonyl (C=O) groups is 1. The van der Waals surface area contributed by atoms with E-state index in [-0.39, 0.29) is 5.97 Å². The molecular weight excluding hydrogens is 214 g/mol. The van der Waals surface area contributed by atoms with Crippen molar-refractivity contribution in [1.29, 1.82) is 0 Å². The van der Waals surface area contributed by atoms with E-state index in [1.807, 2.05) is 6.92 Å². The Morgan fingerprint density at radius 1 is 1.41 bits per heavy atom. The fourth-order valence-electron chi connectivity index (χ4n) is 2.36. The normalized spacial score (nSPS) is 30.8. The van der Waals surface area contributed by atoms with E-state index in [0.717, 1.165) is 19.3 Å². The van der Waals surface area contributed by atoms with Gasteiger partial charge in [0.25, 0.3) is 0 Å². The molecule has 0 radical (unpaired) electrons. The van der Waals surface area contributed by atoms with Crippen molar-refractivity contribution in [3.05, 3.63) is 0 Å². The molecule has 0 aromatic rings. The van der Waals surface area contributed by atoms with Gasteiger partial charge in [-0.1, -0.05) is 33.1 Å². The summed E-state index contributed by atoms with van der Waals surface area (Å²) in [6, 6.07) is 0.395. The van der Waals surface area contributed by atoms with Crippen LogP contribution < -0.4 is 5.32 Å². The molecule has 3 heteroatoms. The molecule has 1 heterocycles. The standard InChI is InChI=1S/C14H27NO2/c1-11(2)10-17-13(16)14(4)9-7-5-6-8-12(3)15-14/h11-12,15H,5-10H2,1-4H3. The van der Waals surface area contributed by atoms with Crippen LogP contribution in [-0.2, 0) is 9.53 Å². The van der Waals surface area contributed by atoms with Crippen molar-refractivity contribution in [2.45, 2.75) is 71.4 Å². The summed E-state index contributed by atoms with van der Waals surface area (Å²) in [6.07, 6.45) is 5.61. The number of hydrogen-bond acceptors (Lipinski definition) is 3. The largest absolute Gasteiger partial charge is 0.464 e. The molecule has 3 nitrogen and oxygen atoms in total. The first kappa shape index (κ1) is 14.5. The lowest BCUT2D eigenvalue weighted by molar-refractivity contribution is -0.153. The fourth-order valence-corrected chi connectivity index (χ4v) is 2.36. The van der Waals surface area contributed by atoms with Crippen LogP contribution in [0.2, 0.25) is 0 Å². The summed E-state index contributed by atoms with van der Waals surface area (Å²) in [5, 5.41) is 3.44. The van der Waals surface area contributed by atoms with Crippen molar-refractivity contribution in [1.82, 2.24) is 5.32 Å². The van der Waals surface area contributed by atoms with E-state index in [0.29, 0.717) is 18.6 Å². The third-order valence-corrected chi connectivity index (χ3v) is 3.38. The topological polar surface area (TPSA) is 38.3 Å². The van der Waals surface area contributed by atoms with Crippen molar-refractivity contribution < 1.29 is 9.53 Å². The van der Waals surface area contributed by atoms with Crippen molar-refractivity contribution in [2.75, 3.05) is 6.61 Å². The first-order chi connectivity index (χ1) is 7.94. The van der Waals surface area contributed by atoms with Crippen LogP contribution in [0.25, 0.3) is 0 Å². The summed E-state index contributed by atoms with van der Waals surface area (Å²) in [5.74, 6) is 0.313. The van der Waals surface area contributed by atoms with Gasteiger partial charge in [-0.15, -0.1) is 0 Å². The third kappa shape index (κ3) is 4.66. The van der Waals surface area contributed by atoms with Crippen LogP contribution in [0.1, 0.15) is 59.8 Å². The average molecular weight is 241 g/mol. The maximum atomic E-state index is 12.2. The van der Waals surface area contributed by atoms with Crippen molar-refractivity contribution in [3.8, 4) is 0 Å². The molecule has 0 amide bonds. The predicted molar refractivity (Wildman–Crippen MR) is 69.9 cm³/mol. The van der Waals surface area contributed by atoms with Crippen LogP contribution in [-0.4, -0.2) is 24.2 Å². The lowest BCUT2D eigenvalue weighted by Crippen LogP contribution is -2.54. The second kappa shape index (κ2) is 6.39. The van der Waals surface area contributed by atoms with Gasteiger partial charge in [0.15, 0.2) is 0 Å². The first-order valence-electron chi connectivity index (χ1n) is 6.89.